The van der Waals surface area contributed by atoms with Gasteiger partial charge in [-0.1, -0.05) is 0 Å². The second-order valence-electron chi connectivity index (χ2n) is 4.82. The summed E-state index contributed by atoms with van der Waals surface area (Å²) in [6.07, 6.45) is 4.03. The number of ether oxygens (including phenoxy) is 1. The maximum atomic E-state index is 11.5. The van der Waals surface area contributed by atoms with E-state index in [1.54, 1.807) is 11.3 Å². The molecule has 1 saturated heterocycles. The van der Waals surface area contributed by atoms with E-state index in [1.165, 1.54) is 4.88 Å². The average molecular weight is 299 g/mol. The molecule has 0 radical (unpaired) electrons. The van der Waals surface area contributed by atoms with Crippen molar-refractivity contribution in [3.8, 4) is 0 Å². The van der Waals surface area contributed by atoms with E-state index in [0.717, 1.165) is 54.4 Å². The molecule has 1 atom stereocenters. The zero-order chi connectivity index (χ0) is 13.2. The summed E-state index contributed by atoms with van der Waals surface area (Å²) in [5.74, 6) is 1.14. The van der Waals surface area contributed by atoms with E-state index in [1.807, 2.05) is 11.8 Å². The van der Waals surface area contributed by atoms with Crippen molar-refractivity contribution in [1.82, 2.24) is 0 Å². The summed E-state index contributed by atoms with van der Waals surface area (Å²) in [5.41, 5.74) is 1.52. The molecule has 0 aromatic carbocycles. The van der Waals surface area contributed by atoms with Crippen molar-refractivity contribution in [2.45, 2.75) is 37.7 Å². The lowest BCUT2D eigenvalue weighted by atomic mass is 10.1. The van der Waals surface area contributed by atoms with Crippen LogP contribution in [0, 0.1) is 0 Å². The summed E-state index contributed by atoms with van der Waals surface area (Å²) in [6.45, 7) is 0.765. The number of carboxylic acids is 1. The van der Waals surface area contributed by atoms with Crippen LogP contribution in [0.2, 0.25) is 0 Å². The molecule has 1 aromatic heterocycles. The van der Waals surface area contributed by atoms with Crippen LogP contribution in [0.15, 0.2) is 0 Å². The fourth-order valence-electron chi connectivity index (χ4n) is 2.56. The SMILES string of the molecule is O=C(O)c1c(NC2CCCCO2)sc2c1CCSC2. The number of rotatable bonds is 3. The Labute approximate surface area is 120 Å². The minimum absolute atomic E-state index is 0.0281. The molecule has 4 nitrogen and oxygen atoms in total. The summed E-state index contributed by atoms with van der Waals surface area (Å²) in [4.78, 5) is 12.7. The number of carboxylic acid groups (broad SMARTS) is 1. The predicted octanol–water partition coefficient (Wildman–Crippen LogP) is 3.17. The van der Waals surface area contributed by atoms with Crippen LogP contribution in [0.5, 0.6) is 0 Å². The van der Waals surface area contributed by atoms with Gasteiger partial charge in [-0.2, -0.15) is 11.8 Å². The van der Waals surface area contributed by atoms with Crippen LogP contribution < -0.4 is 5.32 Å². The maximum Gasteiger partial charge on any atom is 0.338 e. The largest absolute Gasteiger partial charge is 0.478 e. The normalized spacial score (nSPS) is 22.8. The van der Waals surface area contributed by atoms with Gasteiger partial charge < -0.3 is 15.2 Å². The van der Waals surface area contributed by atoms with Crippen molar-refractivity contribution in [1.29, 1.82) is 0 Å². The fourth-order valence-corrected chi connectivity index (χ4v) is 4.98. The average Bonchev–Trinajstić information content (AvgIpc) is 2.77. The Morgan fingerprint density at radius 1 is 1.42 bits per heavy atom. The van der Waals surface area contributed by atoms with E-state index >= 15 is 0 Å². The molecule has 2 aliphatic heterocycles. The zero-order valence-electron chi connectivity index (χ0n) is 10.6. The van der Waals surface area contributed by atoms with Gasteiger partial charge >= 0.3 is 5.97 Å². The number of fused-ring (bicyclic) bond motifs is 1. The molecule has 0 aliphatic carbocycles. The van der Waals surface area contributed by atoms with Gasteiger partial charge in [0.05, 0.1) is 5.56 Å². The zero-order valence-corrected chi connectivity index (χ0v) is 12.2. The molecule has 3 rings (SSSR count). The first-order chi connectivity index (χ1) is 9.25. The molecule has 2 aliphatic rings. The van der Waals surface area contributed by atoms with E-state index in [9.17, 15) is 9.90 Å². The van der Waals surface area contributed by atoms with Crippen LogP contribution >= 0.6 is 23.1 Å². The Hall–Kier alpha value is -0.720. The van der Waals surface area contributed by atoms with Crippen LogP contribution in [-0.4, -0.2) is 29.7 Å². The van der Waals surface area contributed by atoms with E-state index in [4.69, 9.17) is 4.74 Å². The van der Waals surface area contributed by atoms with Gasteiger partial charge in [0.1, 0.15) is 11.2 Å². The van der Waals surface area contributed by atoms with Gasteiger partial charge in [0.15, 0.2) is 0 Å². The molecule has 6 heteroatoms. The van der Waals surface area contributed by atoms with Crippen molar-refractivity contribution >= 4 is 34.1 Å². The summed E-state index contributed by atoms with van der Waals surface area (Å²) in [6, 6.07) is 0. The third-order valence-electron chi connectivity index (χ3n) is 3.51. The Bertz CT molecular complexity index is 480. The molecule has 1 fully saturated rings. The molecular formula is C13H17NO3S2. The van der Waals surface area contributed by atoms with Crippen molar-refractivity contribution in [2.75, 3.05) is 17.7 Å². The lowest BCUT2D eigenvalue weighted by molar-refractivity contribution is 0.0344. The van der Waals surface area contributed by atoms with Crippen molar-refractivity contribution in [2.24, 2.45) is 0 Å². The molecule has 0 saturated carbocycles. The first-order valence-corrected chi connectivity index (χ1v) is 8.56. The summed E-state index contributed by atoms with van der Waals surface area (Å²) in [5, 5.41) is 13.5. The van der Waals surface area contributed by atoms with E-state index < -0.39 is 5.97 Å². The maximum absolute atomic E-state index is 11.5. The quantitative estimate of drug-likeness (QED) is 0.897. The van der Waals surface area contributed by atoms with Crippen molar-refractivity contribution in [3.05, 3.63) is 16.0 Å². The highest BCUT2D eigenvalue weighted by molar-refractivity contribution is 7.98. The number of aromatic carboxylic acids is 1. The lowest BCUT2D eigenvalue weighted by Gasteiger charge is -2.24. The smallest absolute Gasteiger partial charge is 0.338 e. The van der Waals surface area contributed by atoms with Gasteiger partial charge in [-0.05, 0) is 37.0 Å². The molecule has 0 spiro atoms. The Morgan fingerprint density at radius 2 is 2.32 bits per heavy atom. The molecule has 3 heterocycles. The number of thiophene rings is 1. The van der Waals surface area contributed by atoms with E-state index in [2.05, 4.69) is 5.32 Å². The minimum Gasteiger partial charge on any atom is -0.478 e. The molecular weight excluding hydrogens is 282 g/mol. The topological polar surface area (TPSA) is 58.6 Å². The molecule has 1 aromatic rings. The van der Waals surface area contributed by atoms with Crippen molar-refractivity contribution in [3.63, 3.8) is 0 Å². The Kier molecular flexibility index (Phi) is 4.00. The minimum atomic E-state index is -0.817. The molecule has 0 amide bonds. The standard InChI is InChI=1S/C13H17NO3S2/c15-13(16)11-8-4-6-18-7-9(8)19-12(11)14-10-3-1-2-5-17-10/h10,14H,1-7H2,(H,15,16). The lowest BCUT2D eigenvalue weighted by Crippen LogP contribution is -2.27. The van der Waals surface area contributed by atoms with Crippen LogP contribution in [0.25, 0.3) is 0 Å². The monoisotopic (exact) mass is 299 g/mol. The van der Waals surface area contributed by atoms with Gasteiger partial charge in [-0.25, -0.2) is 4.79 Å². The summed E-state index contributed by atoms with van der Waals surface area (Å²) < 4.78 is 5.65. The van der Waals surface area contributed by atoms with E-state index in [0.29, 0.717) is 5.56 Å². The fraction of sp³-hybridized carbons (Fsp3) is 0.615. The predicted molar refractivity (Wildman–Crippen MR) is 78.4 cm³/mol. The molecule has 104 valence electrons. The molecule has 1 unspecified atom stereocenters. The summed E-state index contributed by atoms with van der Waals surface area (Å²) in [7, 11) is 0. The van der Waals surface area contributed by atoms with Crippen LogP contribution in [0.4, 0.5) is 5.00 Å². The highest BCUT2D eigenvalue weighted by Gasteiger charge is 2.27. The molecule has 19 heavy (non-hydrogen) atoms. The number of nitrogens with one attached hydrogen (secondary N) is 1. The second-order valence-corrected chi connectivity index (χ2v) is 7.03. The second kappa shape index (κ2) is 5.73. The van der Waals surface area contributed by atoms with Gasteiger partial charge in [0, 0.05) is 17.2 Å². The highest BCUT2D eigenvalue weighted by atomic mass is 32.2. The van der Waals surface area contributed by atoms with Gasteiger partial charge in [-0.3, -0.25) is 0 Å². The molecule has 2 N–H and O–H groups in total. The van der Waals surface area contributed by atoms with Crippen LogP contribution in [-0.2, 0) is 16.9 Å². The van der Waals surface area contributed by atoms with Crippen molar-refractivity contribution < 1.29 is 14.6 Å². The number of hydrogen-bond donors (Lipinski definition) is 2. The van der Waals surface area contributed by atoms with E-state index in [-0.39, 0.29) is 6.23 Å². The Balaban J connectivity index is 1.87. The van der Waals surface area contributed by atoms with Gasteiger partial charge in [0.25, 0.3) is 0 Å². The number of hydrogen-bond acceptors (Lipinski definition) is 5. The molecule has 0 bridgehead atoms. The summed E-state index contributed by atoms with van der Waals surface area (Å²) >= 11 is 3.47. The van der Waals surface area contributed by atoms with Crippen LogP contribution in [0.3, 0.4) is 0 Å². The number of anilines is 1. The first-order valence-electron chi connectivity index (χ1n) is 6.59. The number of thioether (sulfide) groups is 1. The van der Waals surface area contributed by atoms with Gasteiger partial charge in [-0.15, -0.1) is 11.3 Å². The van der Waals surface area contributed by atoms with Crippen LogP contribution in [0.1, 0.15) is 40.1 Å². The Morgan fingerprint density at radius 3 is 3.05 bits per heavy atom. The number of carbonyl (C=O) groups is 1. The van der Waals surface area contributed by atoms with Gasteiger partial charge in [0.2, 0.25) is 0 Å². The third kappa shape index (κ3) is 2.75. The highest BCUT2D eigenvalue weighted by Crippen LogP contribution is 2.40. The third-order valence-corrected chi connectivity index (χ3v) is 5.84. The first kappa shape index (κ1) is 13.3.